The Kier molecular flexibility index (Phi) is 10.4. The molecule has 0 aliphatic carbocycles. The standard InChI is InChI=1S/C41H43N3O5S/c45-41(42-38-20-23-48-40-24-31(16-19-37(38)40)28-44-21-7-2-8-22-44)27-39(34-14-9-15-35(25-34)49-29-30-10-3-1-4-11-30)43-50(46,47)36-18-17-32-12-5-6-13-33(32)26-36/h1,3-6,9-19,24-26,38-39,43H,2,7-8,20-23,27-29H2,(H,42,45). The molecule has 0 aromatic heterocycles. The van der Waals surface area contributed by atoms with Crippen molar-refractivity contribution in [2.45, 2.75) is 62.2 Å². The Balaban J connectivity index is 1.10. The molecule has 2 unspecified atom stereocenters. The summed E-state index contributed by atoms with van der Waals surface area (Å²) in [4.78, 5) is 16.4. The number of benzene rings is 5. The smallest absolute Gasteiger partial charge is 0.241 e. The average Bonchev–Trinajstić information content (AvgIpc) is 3.14. The first-order chi connectivity index (χ1) is 24.4. The van der Waals surface area contributed by atoms with Gasteiger partial charge in [-0.25, -0.2) is 13.1 Å². The number of amides is 1. The van der Waals surface area contributed by atoms with Gasteiger partial charge < -0.3 is 14.8 Å². The summed E-state index contributed by atoms with van der Waals surface area (Å²) in [6.45, 7) is 3.97. The van der Waals surface area contributed by atoms with Crippen molar-refractivity contribution in [3.63, 3.8) is 0 Å². The summed E-state index contributed by atoms with van der Waals surface area (Å²) >= 11 is 0. The quantitative estimate of drug-likeness (QED) is 0.141. The molecule has 5 aromatic carbocycles. The topological polar surface area (TPSA) is 97.0 Å². The van der Waals surface area contributed by atoms with Gasteiger partial charge in [-0.2, -0.15) is 0 Å². The molecule has 2 heterocycles. The molecule has 8 nitrogen and oxygen atoms in total. The average molecular weight is 690 g/mol. The van der Waals surface area contributed by atoms with E-state index in [1.165, 1.54) is 24.8 Å². The van der Waals surface area contributed by atoms with Gasteiger partial charge in [-0.05, 0) is 83.7 Å². The Hall–Kier alpha value is -4.70. The Morgan fingerprint density at radius 2 is 1.62 bits per heavy atom. The number of nitrogens with zero attached hydrogens (tertiary/aromatic N) is 1. The van der Waals surface area contributed by atoms with Crippen LogP contribution in [0.25, 0.3) is 10.8 Å². The van der Waals surface area contributed by atoms with Gasteiger partial charge in [-0.1, -0.05) is 91.3 Å². The number of nitrogens with one attached hydrogen (secondary N) is 2. The van der Waals surface area contributed by atoms with E-state index in [0.29, 0.717) is 30.9 Å². The lowest BCUT2D eigenvalue weighted by molar-refractivity contribution is -0.122. The number of sulfonamides is 1. The Morgan fingerprint density at radius 1 is 0.820 bits per heavy atom. The summed E-state index contributed by atoms with van der Waals surface area (Å²) < 4.78 is 42.7. The van der Waals surface area contributed by atoms with Gasteiger partial charge in [0.05, 0.1) is 23.6 Å². The van der Waals surface area contributed by atoms with Crippen molar-refractivity contribution in [1.82, 2.24) is 14.9 Å². The number of ether oxygens (including phenoxy) is 2. The molecule has 2 aliphatic rings. The number of carbonyl (C=O) groups excluding carboxylic acids is 1. The Labute approximate surface area is 294 Å². The summed E-state index contributed by atoms with van der Waals surface area (Å²) in [5, 5.41) is 4.95. The van der Waals surface area contributed by atoms with E-state index in [2.05, 4.69) is 33.1 Å². The van der Waals surface area contributed by atoms with E-state index < -0.39 is 16.1 Å². The summed E-state index contributed by atoms with van der Waals surface area (Å²) in [7, 11) is -4.01. The molecule has 0 saturated carbocycles. The fourth-order valence-electron chi connectivity index (χ4n) is 6.88. The maximum atomic E-state index is 13.9. The molecule has 1 saturated heterocycles. The maximum absolute atomic E-state index is 13.9. The first kappa shape index (κ1) is 33.8. The van der Waals surface area contributed by atoms with Gasteiger partial charge in [0.15, 0.2) is 0 Å². The van der Waals surface area contributed by atoms with E-state index in [4.69, 9.17) is 9.47 Å². The fraction of sp³-hybridized carbons (Fsp3) is 0.293. The van der Waals surface area contributed by atoms with Crippen molar-refractivity contribution < 1.29 is 22.7 Å². The molecule has 0 radical (unpaired) electrons. The zero-order chi connectivity index (χ0) is 34.3. The second-order valence-electron chi connectivity index (χ2n) is 13.2. The molecule has 2 N–H and O–H groups in total. The lowest BCUT2D eigenvalue weighted by Gasteiger charge is -2.29. The highest BCUT2D eigenvalue weighted by atomic mass is 32.2. The zero-order valence-corrected chi connectivity index (χ0v) is 28.9. The van der Waals surface area contributed by atoms with E-state index in [1.807, 2.05) is 72.8 Å². The molecule has 0 spiro atoms. The van der Waals surface area contributed by atoms with E-state index in [9.17, 15) is 13.2 Å². The zero-order valence-electron chi connectivity index (χ0n) is 28.1. The summed E-state index contributed by atoms with van der Waals surface area (Å²) in [5.41, 5.74) is 3.79. The molecule has 2 aliphatic heterocycles. The lowest BCUT2D eigenvalue weighted by Crippen LogP contribution is -2.36. The molecule has 7 rings (SSSR count). The highest BCUT2D eigenvalue weighted by Gasteiger charge is 2.28. The van der Waals surface area contributed by atoms with Gasteiger partial charge in [0.1, 0.15) is 18.1 Å². The summed E-state index contributed by atoms with van der Waals surface area (Å²) in [5.74, 6) is 1.12. The van der Waals surface area contributed by atoms with E-state index >= 15 is 0 Å². The van der Waals surface area contributed by atoms with E-state index in [-0.39, 0.29) is 23.3 Å². The number of likely N-dealkylation sites (tertiary alicyclic amines) is 1. The number of rotatable bonds is 12. The third-order valence-corrected chi connectivity index (χ3v) is 11.0. The third kappa shape index (κ3) is 8.35. The first-order valence-electron chi connectivity index (χ1n) is 17.4. The SMILES string of the molecule is O=C(CC(NS(=O)(=O)c1ccc2ccccc2c1)c1cccc(OCc2ccccc2)c1)NC1CCOc2cc(CN3CCCCC3)ccc21. The minimum atomic E-state index is -4.01. The Morgan fingerprint density at radius 3 is 2.46 bits per heavy atom. The molecule has 9 heteroatoms. The minimum absolute atomic E-state index is 0.102. The van der Waals surface area contributed by atoms with Crippen molar-refractivity contribution >= 4 is 26.7 Å². The minimum Gasteiger partial charge on any atom is -0.493 e. The second kappa shape index (κ2) is 15.5. The van der Waals surface area contributed by atoms with Crippen LogP contribution in [0.1, 0.15) is 66.4 Å². The van der Waals surface area contributed by atoms with Crippen LogP contribution in [0.2, 0.25) is 0 Å². The number of piperidine rings is 1. The van der Waals surface area contributed by atoms with E-state index in [1.54, 1.807) is 24.3 Å². The van der Waals surface area contributed by atoms with Gasteiger partial charge in [0.25, 0.3) is 0 Å². The van der Waals surface area contributed by atoms with Gasteiger partial charge in [-0.3, -0.25) is 9.69 Å². The molecule has 2 atom stereocenters. The maximum Gasteiger partial charge on any atom is 0.241 e. The van der Waals surface area contributed by atoms with Crippen LogP contribution in [0.15, 0.2) is 120 Å². The predicted octanol–water partition coefficient (Wildman–Crippen LogP) is 7.45. The van der Waals surface area contributed by atoms with Gasteiger partial charge in [0, 0.05) is 24.9 Å². The van der Waals surface area contributed by atoms with Crippen LogP contribution in [0, 0.1) is 0 Å². The number of fused-ring (bicyclic) bond motifs is 2. The monoisotopic (exact) mass is 689 g/mol. The van der Waals surface area contributed by atoms with Gasteiger partial charge >= 0.3 is 0 Å². The molecular formula is C41H43N3O5S. The number of hydrogen-bond acceptors (Lipinski definition) is 6. The normalized spacial score (nSPS) is 17.0. The van der Waals surface area contributed by atoms with Crippen LogP contribution in [0.4, 0.5) is 0 Å². The molecular weight excluding hydrogens is 647 g/mol. The molecule has 1 fully saturated rings. The van der Waals surface area contributed by atoms with Crippen molar-refractivity contribution in [3.05, 3.63) is 138 Å². The molecule has 5 aromatic rings. The number of carbonyl (C=O) groups is 1. The van der Waals surface area contributed by atoms with E-state index in [0.717, 1.165) is 47.3 Å². The van der Waals surface area contributed by atoms with Crippen LogP contribution >= 0.6 is 0 Å². The highest BCUT2D eigenvalue weighted by Crippen LogP contribution is 2.34. The van der Waals surface area contributed by atoms with Crippen LogP contribution in [0.3, 0.4) is 0 Å². The highest BCUT2D eigenvalue weighted by molar-refractivity contribution is 7.89. The van der Waals surface area contributed by atoms with Gasteiger partial charge in [-0.15, -0.1) is 0 Å². The molecule has 258 valence electrons. The van der Waals surface area contributed by atoms with Crippen molar-refractivity contribution in [2.24, 2.45) is 0 Å². The first-order valence-corrected chi connectivity index (χ1v) is 18.9. The van der Waals surface area contributed by atoms with Crippen molar-refractivity contribution in [3.8, 4) is 11.5 Å². The van der Waals surface area contributed by atoms with Crippen LogP contribution in [-0.2, 0) is 28.0 Å². The van der Waals surface area contributed by atoms with Crippen LogP contribution in [-0.4, -0.2) is 38.9 Å². The lowest BCUT2D eigenvalue weighted by atomic mass is 9.97. The molecule has 0 bridgehead atoms. The molecule has 1 amide bonds. The van der Waals surface area contributed by atoms with Gasteiger partial charge in [0.2, 0.25) is 15.9 Å². The van der Waals surface area contributed by atoms with Crippen molar-refractivity contribution in [1.29, 1.82) is 0 Å². The largest absolute Gasteiger partial charge is 0.493 e. The Bertz CT molecular complexity index is 2050. The fourth-order valence-corrected chi connectivity index (χ4v) is 8.14. The molecule has 50 heavy (non-hydrogen) atoms. The number of hydrogen-bond donors (Lipinski definition) is 2. The van der Waals surface area contributed by atoms with Crippen molar-refractivity contribution in [2.75, 3.05) is 19.7 Å². The van der Waals surface area contributed by atoms with Crippen LogP contribution in [0.5, 0.6) is 11.5 Å². The van der Waals surface area contributed by atoms with Crippen LogP contribution < -0.4 is 19.5 Å². The summed E-state index contributed by atoms with van der Waals surface area (Å²) in [6, 6.07) is 35.0. The third-order valence-electron chi connectivity index (χ3n) is 9.53. The second-order valence-corrected chi connectivity index (χ2v) is 14.9. The predicted molar refractivity (Wildman–Crippen MR) is 195 cm³/mol. The summed E-state index contributed by atoms with van der Waals surface area (Å²) in [6.07, 6.45) is 4.29.